The summed E-state index contributed by atoms with van der Waals surface area (Å²) in [6, 6.07) is 0. The monoisotopic (exact) mass is 172 g/mol. The second-order valence-electron chi connectivity index (χ2n) is 2.70. The van der Waals surface area contributed by atoms with Crippen molar-refractivity contribution >= 4 is 5.97 Å². The van der Waals surface area contributed by atoms with Gasteiger partial charge >= 0.3 is 5.97 Å². The third kappa shape index (κ3) is 3.53. The van der Waals surface area contributed by atoms with Crippen molar-refractivity contribution in [2.24, 2.45) is 0 Å². The van der Waals surface area contributed by atoms with Crippen LogP contribution in [-0.2, 0) is 9.53 Å². The van der Waals surface area contributed by atoms with Crippen LogP contribution in [0.25, 0.3) is 0 Å². The van der Waals surface area contributed by atoms with Crippen LogP contribution in [0.3, 0.4) is 0 Å². The zero-order chi connectivity index (χ0) is 9.56. The lowest BCUT2D eigenvalue weighted by atomic mass is 10.2. The molecule has 0 spiro atoms. The summed E-state index contributed by atoms with van der Waals surface area (Å²) in [5.74, 6) is -0.330. The average Bonchev–Trinajstić information content (AvgIpc) is 2.11. The molecule has 0 aliphatic rings. The summed E-state index contributed by atoms with van der Waals surface area (Å²) in [5, 5.41) is 8.71. The van der Waals surface area contributed by atoms with Gasteiger partial charge < -0.3 is 9.84 Å². The SMILES string of the molecule is CCCOC(=O)C(C)=C(C)CO. The van der Waals surface area contributed by atoms with Gasteiger partial charge in [0.1, 0.15) is 0 Å². The quantitative estimate of drug-likeness (QED) is 0.513. The lowest BCUT2D eigenvalue weighted by Crippen LogP contribution is -2.09. The molecule has 0 heterocycles. The van der Waals surface area contributed by atoms with E-state index in [4.69, 9.17) is 9.84 Å². The highest BCUT2D eigenvalue weighted by Gasteiger charge is 2.07. The number of rotatable bonds is 4. The maximum absolute atomic E-state index is 11.1. The van der Waals surface area contributed by atoms with Crippen molar-refractivity contribution in [2.75, 3.05) is 13.2 Å². The molecule has 0 amide bonds. The minimum atomic E-state index is -0.330. The largest absolute Gasteiger partial charge is 0.462 e. The third-order valence-electron chi connectivity index (χ3n) is 1.62. The molecule has 12 heavy (non-hydrogen) atoms. The highest BCUT2D eigenvalue weighted by molar-refractivity contribution is 5.88. The van der Waals surface area contributed by atoms with Crippen LogP contribution in [0.1, 0.15) is 27.2 Å². The molecule has 0 aromatic carbocycles. The molecule has 0 bridgehead atoms. The van der Waals surface area contributed by atoms with Gasteiger partial charge in [0, 0.05) is 5.57 Å². The molecule has 3 heteroatoms. The molecule has 70 valence electrons. The van der Waals surface area contributed by atoms with Crippen LogP contribution in [0.4, 0.5) is 0 Å². The number of esters is 1. The fourth-order valence-corrected chi connectivity index (χ4v) is 0.596. The standard InChI is InChI=1S/C9H16O3/c1-4-5-12-9(11)8(3)7(2)6-10/h10H,4-6H2,1-3H3. The molecule has 3 nitrogen and oxygen atoms in total. The van der Waals surface area contributed by atoms with E-state index in [1.165, 1.54) is 0 Å². The summed E-state index contributed by atoms with van der Waals surface area (Å²) < 4.78 is 4.87. The van der Waals surface area contributed by atoms with Crippen LogP contribution in [0, 0.1) is 0 Å². The van der Waals surface area contributed by atoms with Crippen LogP contribution in [0.5, 0.6) is 0 Å². The van der Waals surface area contributed by atoms with Gasteiger partial charge in [0.15, 0.2) is 0 Å². The average molecular weight is 172 g/mol. The van der Waals surface area contributed by atoms with E-state index in [1.807, 2.05) is 6.92 Å². The lowest BCUT2D eigenvalue weighted by molar-refractivity contribution is -0.139. The Morgan fingerprint density at radius 3 is 2.42 bits per heavy atom. The van der Waals surface area contributed by atoms with E-state index in [0.717, 1.165) is 6.42 Å². The number of ether oxygens (including phenoxy) is 1. The first-order valence-electron chi connectivity index (χ1n) is 4.07. The molecule has 0 fully saturated rings. The van der Waals surface area contributed by atoms with Gasteiger partial charge in [-0.2, -0.15) is 0 Å². The predicted octanol–water partition coefficient (Wildman–Crippen LogP) is 1.27. The Kier molecular flexibility index (Phi) is 5.37. The molecule has 1 N–H and O–H groups in total. The van der Waals surface area contributed by atoms with E-state index in [-0.39, 0.29) is 12.6 Å². The minimum absolute atomic E-state index is 0.0902. The molecule has 0 saturated carbocycles. The first-order valence-corrected chi connectivity index (χ1v) is 4.07. The van der Waals surface area contributed by atoms with Crippen molar-refractivity contribution in [1.82, 2.24) is 0 Å². The maximum atomic E-state index is 11.1. The third-order valence-corrected chi connectivity index (χ3v) is 1.62. The fourth-order valence-electron chi connectivity index (χ4n) is 0.596. The number of hydrogen-bond acceptors (Lipinski definition) is 3. The van der Waals surface area contributed by atoms with Crippen LogP contribution in [-0.4, -0.2) is 24.3 Å². The lowest BCUT2D eigenvalue weighted by Gasteiger charge is -2.05. The number of aliphatic hydroxyl groups excluding tert-OH is 1. The molecule has 0 unspecified atom stereocenters. The smallest absolute Gasteiger partial charge is 0.333 e. The van der Waals surface area contributed by atoms with Gasteiger partial charge in [0.05, 0.1) is 13.2 Å². The van der Waals surface area contributed by atoms with E-state index in [1.54, 1.807) is 13.8 Å². The predicted molar refractivity (Wildman–Crippen MR) is 46.7 cm³/mol. The molecule has 0 aromatic heterocycles. The molecule has 0 radical (unpaired) electrons. The fraction of sp³-hybridized carbons (Fsp3) is 0.667. The Labute approximate surface area is 73.0 Å². The van der Waals surface area contributed by atoms with E-state index in [2.05, 4.69) is 0 Å². The Morgan fingerprint density at radius 1 is 1.42 bits per heavy atom. The van der Waals surface area contributed by atoms with Crippen molar-refractivity contribution in [1.29, 1.82) is 0 Å². The zero-order valence-corrected chi connectivity index (χ0v) is 7.89. The molecule has 0 rings (SSSR count). The van der Waals surface area contributed by atoms with Gasteiger partial charge in [0.25, 0.3) is 0 Å². The van der Waals surface area contributed by atoms with E-state index in [9.17, 15) is 4.79 Å². The molecule has 0 aliphatic heterocycles. The van der Waals surface area contributed by atoms with Gasteiger partial charge in [-0.05, 0) is 25.8 Å². The Hall–Kier alpha value is -0.830. The Balaban J connectivity index is 4.09. The first kappa shape index (κ1) is 11.2. The summed E-state index contributed by atoms with van der Waals surface area (Å²) in [6.07, 6.45) is 0.817. The highest BCUT2D eigenvalue weighted by atomic mass is 16.5. The zero-order valence-electron chi connectivity index (χ0n) is 7.89. The van der Waals surface area contributed by atoms with Crippen molar-refractivity contribution in [2.45, 2.75) is 27.2 Å². The van der Waals surface area contributed by atoms with Crippen LogP contribution >= 0.6 is 0 Å². The Morgan fingerprint density at radius 2 is 2.00 bits per heavy atom. The summed E-state index contributed by atoms with van der Waals surface area (Å²) in [4.78, 5) is 11.1. The molecule has 0 atom stereocenters. The van der Waals surface area contributed by atoms with Crippen molar-refractivity contribution in [3.63, 3.8) is 0 Å². The molecular weight excluding hydrogens is 156 g/mol. The topological polar surface area (TPSA) is 46.5 Å². The first-order chi connectivity index (χ1) is 5.63. The highest BCUT2D eigenvalue weighted by Crippen LogP contribution is 2.04. The van der Waals surface area contributed by atoms with Gasteiger partial charge in [-0.3, -0.25) is 0 Å². The molecule has 0 aliphatic carbocycles. The van der Waals surface area contributed by atoms with E-state index in [0.29, 0.717) is 17.8 Å². The van der Waals surface area contributed by atoms with Crippen molar-refractivity contribution in [3.8, 4) is 0 Å². The number of carbonyl (C=O) groups excluding carboxylic acids is 1. The minimum Gasteiger partial charge on any atom is -0.462 e. The summed E-state index contributed by atoms with van der Waals surface area (Å²) in [5.41, 5.74) is 1.17. The van der Waals surface area contributed by atoms with Crippen molar-refractivity contribution < 1.29 is 14.6 Å². The summed E-state index contributed by atoms with van der Waals surface area (Å²) in [6.45, 7) is 5.65. The number of carbonyl (C=O) groups is 1. The number of hydrogen-bond donors (Lipinski definition) is 1. The van der Waals surface area contributed by atoms with Gasteiger partial charge in [0.2, 0.25) is 0 Å². The van der Waals surface area contributed by atoms with Gasteiger partial charge in [-0.15, -0.1) is 0 Å². The van der Waals surface area contributed by atoms with E-state index < -0.39 is 0 Å². The Bertz CT molecular complexity index is 182. The summed E-state index contributed by atoms with van der Waals surface area (Å²) in [7, 11) is 0. The molecule has 0 saturated heterocycles. The maximum Gasteiger partial charge on any atom is 0.333 e. The van der Waals surface area contributed by atoms with Crippen molar-refractivity contribution in [3.05, 3.63) is 11.1 Å². The number of aliphatic hydroxyl groups is 1. The van der Waals surface area contributed by atoms with Crippen LogP contribution in [0.2, 0.25) is 0 Å². The molecule has 0 aromatic rings. The van der Waals surface area contributed by atoms with E-state index >= 15 is 0 Å². The normalized spacial score (nSPS) is 12.3. The van der Waals surface area contributed by atoms with Crippen LogP contribution < -0.4 is 0 Å². The van der Waals surface area contributed by atoms with Crippen LogP contribution in [0.15, 0.2) is 11.1 Å². The van der Waals surface area contributed by atoms with Gasteiger partial charge in [-0.1, -0.05) is 6.92 Å². The second-order valence-corrected chi connectivity index (χ2v) is 2.70. The molecular formula is C9H16O3. The summed E-state index contributed by atoms with van der Waals surface area (Å²) >= 11 is 0. The second kappa shape index (κ2) is 5.77. The van der Waals surface area contributed by atoms with Gasteiger partial charge in [-0.25, -0.2) is 4.79 Å².